The zero-order valence-corrected chi connectivity index (χ0v) is 7.92. The van der Waals surface area contributed by atoms with E-state index in [1.165, 1.54) is 0 Å². The molecule has 0 spiro atoms. The van der Waals surface area contributed by atoms with Crippen LogP contribution in [0.5, 0.6) is 0 Å². The van der Waals surface area contributed by atoms with Crippen LogP contribution < -0.4 is 0 Å². The summed E-state index contributed by atoms with van der Waals surface area (Å²) in [5, 5.41) is 9.05. The average molecular weight is 170 g/mol. The van der Waals surface area contributed by atoms with Crippen LogP contribution in [0.4, 0.5) is 0 Å². The van der Waals surface area contributed by atoms with E-state index in [0.29, 0.717) is 5.92 Å². The Labute approximate surface area is 74.2 Å². The number of aliphatic hydroxyl groups excluding tert-OH is 1. The predicted molar refractivity (Wildman–Crippen MR) is 49.0 cm³/mol. The van der Waals surface area contributed by atoms with Gasteiger partial charge in [-0.3, -0.25) is 0 Å². The summed E-state index contributed by atoms with van der Waals surface area (Å²) in [7, 11) is 0. The molecule has 12 heavy (non-hydrogen) atoms. The molecule has 2 atom stereocenters. The maximum atomic E-state index is 9.05. The molecule has 0 saturated carbocycles. The largest absolute Gasteiger partial charge is 0.396 e. The van der Waals surface area contributed by atoms with E-state index in [2.05, 4.69) is 20.4 Å². The van der Waals surface area contributed by atoms with Crippen molar-refractivity contribution in [3.63, 3.8) is 0 Å². The van der Waals surface area contributed by atoms with E-state index >= 15 is 0 Å². The molecule has 70 valence electrons. The molecule has 0 amide bonds. The van der Waals surface area contributed by atoms with Crippen LogP contribution >= 0.6 is 0 Å². The van der Waals surface area contributed by atoms with Crippen LogP contribution in [0, 0.1) is 5.92 Å². The minimum Gasteiger partial charge on any atom is -0.396 e. The topological polar surface area (TPSA) is 29.5 Å². The van der Waals surface area contributed by atoms with Crippen LogP contribution in [0.15, 0.2) is 12.7 Å². The molecule has 1 aliphatic heterocycles. The Hall–Kier alpha value is -0.340. The molecule has 1 N–H and O–H groups in total. The molecule has 0 radical (unpaired) electrons. The van der Waals surface area contributed by atoms with Gasteiger partial charge in [0.25, 0.3) is 0 Å². The highest BCUT2D eigenvalue weighted by atomic mass is 16.5. The van der Waals surface area contributed by atoms with Crippen molar-refractivity contribution in [2.75, 3.05) is 6.61 Å². The second-order valence-corrected chi connectivity index (χ2v) is 4.14. The lowest BCUT2D eigenvalue weighted by atomic mass is 9.86. The summed E-state index contributed by atoms with van der Waals surface area (Å²) in [6.07, 6.45) is 3.78. The van der Waals surface area contributed by atoms with Gasteiger partial charge in [-0.05, 0) is 32.6 Å². The predicted octanol–water partition coefficient (Wildman–Crippen LogP) is 1.74. The number of rotatable bonds is 2. The van der Waals surface area contributed by atoms with E-state index in [9.17, 15) is 0 Å². The van der Waals surface area contributed by atoms with Gasteiger partial charge >= 0.3 is 0 Å². The minimum absolute atomic E-state index is 0.107. The van der Waals surface area contributed by atoms with E-state index in [1.807, 2.05) is 6.08 Å². The van der Waals surface area contributed by atoms with Gasteiger partial charge in [0, 0.05) is 6.61 Å². The Morgan fingerprint density at radius 1 is 1.67 bits per heavy atom. The Balaban J connectivity index is 2.58. The standard InChI is InChI=1S/C10H18O2/c1-4-9-5-8(7-11)6-10(2,3)12-9/h4,8-9,11H,1,5-7H2,2-3H3/t8-,9+/m0/s1. The quantitative estimate of drug-likeness (QED) is 0.640. The number of aliphatic hydroxyl groups is 1. The fourth-order valence-electron chi connectivity index (χ4n) is 1.90. The van der Waals surface area contributed by atoms with Gasteiger partial charge in [0.2, 0.25) is 0 Å². The summed E-state index contributed by atoms with van der Waals surface area (Å²) in [6.45, 7) is 8.09. The second kappa shape index (κ2) is 3.58. The van der Waals surface area contributed by atoms with Gasteiger partial charge < -0.3 is 9.84 Å². The maximum absolute atomic E-state index is 9.05. The summed E-state index contributed by atoms with van der Waals surface area (Å²) in [5.41, 5.74) is -0.107. The third kappa shape index (κ3) is 2.32. The third-order valence-electron chi connectivity index (χ3n) is 2.34. The van der Waals surface area contributed by atoms with Crippen molar-refractivity contribution < 1.29 is 9.84 Å². The minimum atomic E-state index is -0.107. The van der Waals surface area contributed by atoms with Crippen molar-refractivity contribution >= 4 is 0 Å². The van der Waals surface area contributed by atoms with Crippen molar-refractivity contribution in [2.24, 2.45) is 5.92 Å². The van der Waals surface area contributed by atoms with Crippen LogP contribution in [0.2, 0.25) is 0 Å². The molecule has 1 fully saturated rings. The first-order chi connectivity index (χ1) is 5.57. The van der Waals surface area contributed by atoms with Gasteiger partial charge in [-0.15, -0.1) is 6.58 Å². The second-order valence-electron chi connectivity index (χ2n) is 4.14. The summed E-state index contributed by atoms with van der Waals surface area (Å²) in [5.74, 6) is 0.372. The van der Waals surface area contributed by atoms with Crippen LogP contribution in [-0.4, -0.2) is 23.4 Å². The van der Waals surface area contributed by atoms with Gasteiger partial charge in [-0.2, -0.15) is 0 Å². The lowest BCUT2D eigenvalue weighted by molar-refractivity contribution is -0.112. The highest BCUT2D eigenvalue weighted by molar-refractivity contribution is 4.91. The van der Waals surface area contributed by atoms with Gasteiger partial charge in [0.1, 0.15) is 0 Å². The normalized spacial score (nSPS) is 34.6. The number of hydrogen-bond donors (Lipinski definition) is 1. The van der Waals surface area contributed by atoms with Crippen LogP contribution in [0.3, 0.4) is 0 Å². The van der Waals surface area contributed by atoms with E-state index < -0.39 is 0 Å². The molecule has 2 nitrogen and oxygen atoms in total. The first-order valence-corrected chi connectivity index (χ1v) is 4.48. The van der Waals surface area contributed by atoms with Crippen molar-refractivity contribution in [3.8, 4) is 0 Å². The van der Waals surface area contributed by atoms with Gasteiger partial charge in [-0.25, -0.2) is 0 Å². The zero-order valence-electron chi connectivity index (χ0n) is 7.92. The molecule has 0 unspecified atom stereocenters. The summed E-state index contributed by atoms with van der Waals surface area (Å²) >= 11 is 0. The fourth-order valence-corrected chi connectivity index (χ4v) is 1.90. The van der Waals surface area contributed by atoms with Crippen molar-refractivity contribution in [1.82, 2.24) is 0 Å². The fraction of sp³-hybridized carbons (Fsp3) is 0.800. The van der Waals surface area contributed by atoms with Crippen LogP contribution in [0.1, 0.15) is 26.7 Å². The molecule has 1 aliphatic rings. The Morgan fingerprint density at radius 2 is 2.33 bits per heavy atom. The maximum Gasteiger partial charge on any atom is 0.0764 e. The molecule has 1 heterocycles. The molecular weight excluding hydrogens is 152 g/mol. The van der Waals surface area contributed by atoms with Gasteiger partial charge in [0.05, 0.1) is 11.7 Å². The van der Waals surface area contributed by atoms with E-state index in [1.54, 1.807) is 0 Å². The van der Waals surface area contributed by atoms with E-state index in [-0.39, 0.29) is 18.3 Å². The number of ether oxygens (including phenoxy) is 1. The Bertz CT molecular complexity index is 163. The average Bonchev–Trinajstić information content (AvgIpc) is 2.01. The van der Waals surface area contributed by atoms with Crippen molar-refractivity contribution in [3.05, 3.63) is 12.7 Å². The Morgan fingerprint density at radius 3 is 2.83 bits per heavy atom. The molecule has 1 saturated heterocycles. The lowest BCUT2D eigenvalue weighted by Gasteiger charge is -2.38. The highest BCUT2D eigenvalue weighted by Gasteiger charge is 2.32. The van der Waals surface area contributed by atoms with E-state index in [4.69, 9.17) is 9.84 Å². The van der Waals surface area contributed by atoms with E-state index in [0.717, 1.165) is 12.8 Å². The number of hydrogen-bond acceptors (Lipinski definition) is 2. The van der Waals surface area contributed by atoms with Crippen molar-refractivity contribution in [2.45, 2.75) is 38.4 Å². The summed E-state index contributed by atoms with van der Waals surface area (Å²) in [4.78, 5) is 0. The van der Waals surface area contributed by atoms with Crippen LogP contribution in [0.25, 0.3) is 0 Å². The summed E-state index contributed by atoms with van der Waals surface area (Å²) in [6, 6.07) is 0. The molecule has 1 rings (SSSR count). The smallest absolute Gasteiger partial charge is 0.0764 e. The zero-order chi connectivity index (χ0) is 9.19. The molecule has 0 aromatic rings. The highest BCUT2D eigenvalue weighted by Crippen LogP contribution is 2.32. The van der Waals surface area contributed by atoms with Crippen LogP contribution in [-0.2, 0) is 4.74 Å². The lowest BCUT2D eigenvalue weighted by Crippen LogP contribution is -2.39. The van der Waals surface area contributed by atoms with Gasteiger partial charge in [-0.1, -0.05) is 6.08 Å². The molecule has 2 heteroatoms. The molecule has 0 aliphatic carbocycles. The first-order valence-electron chi connectivity index (χ1n) is 4.48. The molecule has 0 aromatic heterocycles. The summed E-state index contributed by atoms with van der Waals surface area (Å²) < 4.78 is 5.73. The third-order valence-corrected chi connectivity index (χ3v) is 2.34. The SMILES string of the molecule is C=C[C@@H]1C[C@H](CO)CC(C)(C)O1. The Kier molecular flexibility index (Phi) is 2.91. The van der Waals surface area contributed by atoms with Gasteiger partial charge in [0.15, 0.2) is 0 Å². The molecular formula is C10H18O2. The first kappa shape index (κ1) is 9.75. The monoisotopic (exact) mass is 170 g/mol. The molecule has 0 aromatic carbocycles. The molecule has 0 bridgehead atoms. The van der Waals surface area contributed by atoms with Crippen molar-refractivity contribution in [1.29, 1.82) is 0 Å².